The maximum absolute atomic E-state index is 4.10. The van der Waals surface area contributed by atoms with Crippen molar-refractivity contribution in [2.24, 2.45) is 4.99 Å². The van der Waals surface area contributed by atoms with Crippen LogP contribution in [0.2, 0.25) is 0 Å². The molecule has 0 atom stereocenters. The predicted molar refractivity (Wildman–Crippen MR) is 41.6 cm³/mol. The molecule has 0 aliphatic rings. The Morgan fingerprint density at radius 2 is 2.30 bits per heavy atom. The van der Waals surface area contributed by atoms with Crippen molar-refractivity contribution in [3.05, 3.63) is 29.9 Å². The monoisotopic (exact) mass is 136 g/mol. The van der Waals surface area contributed by atoms with Gasteiger partial charge < -0.3 is 4.57 Å². The van der Waals surface area contributed by atoms with E-state index in [0.717, 1.165) is 12.0 Å². The molecule has 2 nitrogen and oxygen atoms in total. The van der Waals surface area contributed by atoms with Crippen LogP contribution in [0, 0.1) is 0 Å². The number of hydrogen-bond acceptors (Lipinski definition) is 1. The molecule has 54 valence electrons. The molecule has 1 rings (SSSR count). The Bertz CT molecular complexity index is 260. The van der Waals surface area contributed by atoms with Gasteiger partial charge in [-0.1, -0.05) is 6.07 Å². The minimum atomic E-state index is 0.980. The number of hydrogen-bond donors (Lipinski definition) is 0. The summed E-state index contributed by atoms with van der Waals surface area (Å²) in [6.45, 7) is 3.09. The Kier molecular flexibility index (Phi) is 2.26. The molecule has 1 aromatic rings. The summed E-state index contributed by atoms with van der Waals surface area (Å²) in [7, 11) is 1.81. The van der Waals surface area contributed by atoms with Gasteiger partial charge in [0.15, 0.2) is 0 Å². The molecule has 1 aromatic heterocycles. The normalized spacial score (nSPS) is 12.0. The fraction of sp³-hybridized carbons (Fsp3) is 0.375. The molecule has 0 saturated carbocycles. The van der Waals surface area contributed by atoms with Gasteiger partial charge >= 0.3 is 0 Å². The van der Waals surface area contributed by atoms with Crippen LogP contribution in [0.25, 0.3) is 0 Å². The quantitative estimate of drug-likeness (QED) is 0.549. The first-order valence-corrected chi connectivity index (χ1v) is 3.46. The summed E-state index contributed by atoms with van der Waals surface area (Å²) < 4.78 is 2.10. The lowest BCUT2D eigenvalue weighted by atomic mass is 10.4. The fourth-order valence-corrected chi connectivity index (χ4v) is 0.938. The van der Waals surface area contributed by atoms with Gasteiger partial charge in [-0.05, 0) is 19.1 Å². The molecule has 1 heterocycles. The zero-order valence-corrected chi connectivity index (χ0v) is 6.41. The van der Waals surface area contributed by atoms with Crippen molar-refractivity contribution < 1.29 is 0 Å². The van der Waals surface area contributed by atoms with E-state index in [2.05, 4.69) is 16.5 Å². The molecular weight excluding hydrogens is 124 g/mol. The Morgan fingerprint density at radius 1 is 1.50 bits per heavy atom. The fourth-order valence-electron chi connectivity index (χ4n) is 0.938. The maximum Gasteiger partial charge on any atom is 0.127 e. The van der Waals surface area contributed by atoms with Gasteiger partial charge in [0.1, 0.15) is 5.49 Å². The first kappa shape index (κ1) is 7.06. The Balaban J connectivity index is 3.23. The number of rotatable bonds is 1. The van der Waals surface area contributed by atoms with Gasteiger partial charge in [0.2, 0.25) is 0 Å². The van der Waals surface area contributed by atoms with Crippen LogP contribution in [0.3, 0.4) is 0 Å². The molecular formula is C8H12N2. The molecule has 0 aliphatic carbocycles. The number of nitrogens with zero attached hydrogens (tertiary/aromatic N) is 2. The average Bonchev–Trinajstić information content (AvgIpc) is 2.04. The van der Waals surface area contributed by atoms with Gasteiger partial charge in [-0.25, -0.2) is 0 Å². The van der Waals surface area contributed by atoms with Crippen LogP contribution < -0.4 is 5.49 Å². The molecule has 0 aromatic carbocycles. The van der Waals surface area contributed by atoms with E-state index in [0.29, 0.717) is 0 Å². The smallest absolute Gasteiger partial charge is 0.127 e. The summed E-state index contributed by atoms with van der Waals surface area (Å²) in [5.41, 5.74) is 1.03. The minimum absolute atomic E-state index is 0.980. The van der Waals surface area contributed by atoms with E-state index in [-0.39, 0.29) is 0 Å². The number of pyridine rings is 1. The zero-order valence-electron chi connectivity index (χ0n) is 6.41. The van der Waals surface area contributed by atoms with Crippen molar-refractivity contribution in [3.8, 4) is 0 Å². The first-order chi connectivity index (χ1) is 4.88. The lowest BCUT2D eigenvalue weighted by Crippen LogP contribution is -2.17. The summed E-state index contributed by atoms with van der Waals surface area (Å²) in [6, 6.07) is 6.01. The third-order valence-corrected chi connectivity index (χ3v) is 1.49. The first-order valence-electron chi connectivity index (χ1n) is 3.46. The molecule has 0 saturated heterocycles. The third-order valence-electron chi connectivity index (χ3n) is 1.49. The Labute approximate surface area is 60.9 Å². The van der Waals surface area contributed by atoms with Crippen LogP contribution in [0.15, 0.2) is 29.4 Å². The third kappa shape index (κ3) is 1.26. The number of aromatic nitrogens is 1. The van der Waals surface area contributed by atoms with Gasteiger partial charge in [-0.15, -0.1) is 0 Å². The van der Waals surface area contributed by atoms with Crippen LogP contribution >= 0.6 is 0 Å². The van der Waals surface area contributed by atoms with E-state index in [9.17, 15) is 0 Å². The van der Waals surface area contributed by atoms with E-state index in [4.69, 9.17) is 0 Å². The topological polar surface area (TPSA) is 17.3 Å². The number of aryl methyl sites for hydroxylation is 1. The van der Waals surface area contributed by atoms with Crippen LogP contribution in [-0.4, -0.2) is 11.6 Å². The van der Waals surface area contributed by atoms with Crippen molar-refractivity contribution in [1.82, 2.24) is 4.57 Å². The molecule has 0 unspecified atom stereocenters. The highest BCUT2D eigenvalue weighted by Gasteiger charge is 1.83. The summed E-state index contributed by atoms with van der Waals surface area (Å²) in [6.07, 6.45) is 2.03. The second-order valence-electron chi connectivity index (χ2n) is 2.07. The van der Waals surface area contributed by atoms with Crippen molar-refractivity contribution >= 4 is 0 Å². The van der Waals surface area contributed by atoms with Crippen molar-refractivity contribution in [3.63, 3.8) is 0 Å². The van der Waals surface area contributed by atoms with Crippen LogP contribution in [0.4, 0.5) is 0 Å². The molecule has 10 heavy (non-hydrogen) atoms. The van der Waals surface area contributed by atoms with Crippen molar-refractivity contribution in [1.29, 1.82) is 0 Å². The Hall–Kier alpha value is -1.05. The van der Waals surface area contributed by atoms with Crippen LogP contribution in [0.5, 0.6) is 0 Å². The molecule has 0 N–H and O–H groups in total. The summed E-state index contributed by atoms with van der Waals surface area (Å²) in [4.78, 5) is 4.10. The summed E-state index contributed by atoms with van der Waals surface area (Å²) in [5.74, 6) is 0. The van der Waals surface area contributed by atoms with Gasteiger partial charge in [0.25, 0.3) is 0 Å². The van der Waals surface area contributed by atoms with E-state index >= 15 is 0 Å². The molecule has 0 radical (unpaired) electrons. The molecule has 0 aliphatic heterocycles. The molecule has 0 fully saturated rings. The highest BCUT2D eigenvalue weighted by atomic mass is 15.0. The van der Waals surface area contributed by atoms with Gasteiger partial charge in [-0.2, -0.15) is 0 Å². The lowest BCUT2D eigenvalue weighted by Gasteiger charge is -2.00. The van der Waals surface area contributed by atoms with E-state index in [1.807, 2.05) is 31.4 Å². The standard InChI is InChI=1S/C8H12N2/c1-3-10-7-5-4-6-8(10)9-2/h4-7H,3H2,1-2H3/b9-8-. The van der Waals surface area contributed by atoms with Crippen molar-refractivity contribution in [2.45, 2.75) is 13.5 Å². The maximum atomic E-state index is 4.10. The van der Waals surface area contributed by atoms with E-state index < -0.39 is 0 Å². The lowest BCUT2D eigenvalue weighted by molar-refractivity contribution is 0.709. The predicted octanol–water partition coefficient (Wildman–Crippen LogP) is 1.04. The molecule has 0 spiro atoms. The highest BCUT2D eigenvalue weighted by molar-refractivity contribution is 4.92. The van der Waals surface area contributed by atoms with Gasteiger partial charge in [0.05, 0.1) is 0 Å². The van der Waals surface area contributed by atoms with Crippen LogP contribution in [-0.2, 0) is 6.54 Å². The molecule has 2 heteroatoms. The average molecular weight is 136 g/mol. The largest absolute Gasteiger partial charge is 0.334 e. The van der Waals surface area contributed by atoms with E-state index in [1.54, 1.807) is 0 Å². The Morgan fingerprint density at radius 3 is 2.80 bits per heavy atom. The van der Waals surface area contributed by atoms with Gasteiger partial charge in [-0.3, -0.25) is 4.99 Å². The summed E-state index contributed by atoms with van der Waals surface area (Å²) >= 11 is 0. The second kappa shape index (κ2) is 3.20. The molecule has 0 amide bonds. The summed E-state index contributed by atoms with van der Waals surface area (Å²) in [5, 5.41) is 0. The van der Waals surface area contributed by atoms with Crippen LogP contribution in [0.1, 0.15) is 6.92 Å². The van der Waals surface area contributed by atoms with Crippen molar-refractivity contribution in [2.75, 3.05) is 7.05 Å². The SMILES string of the molecule is CCn1cccc/c1=N/C. The minimum Gasteiger partial charge on any atom is -0.334 e. The highest BCUT2D eigenvalue weighted by Crippen LogP contribution is 1.79. The van der Waals surface area contributed by atoms with E-state index in [1.165, 1.54) is 0 Å². The molecule has 0 bridgehead atoms. The second-order valence-corrected chi connectivity index (χ2v) is 2.07. The van der Waals surface area contributed by atoms with Gasteiger partial charge in [0, 0.05) is 19.8 Å². The zero-order chi connectivity index (χ0) is 7.40.